The van der Waals surface area contributed by atoms with Gasteiger partial charge in [-0.3, -0.25) is 9.97 Å². The Morgan fingerprint density at radius 1 is 1.54 bits per heavy atom. The van der Waals surface area contributed by atoms with Crippen molar-refractivity contribution in [1.29, 1.82) is 0 Å². The summed E-state index contributed by atoms with van der Waals surface area (Å²) in [6.45, 7) is 6.99. The zero-order valence-corrected chi connectivity index (χ0v) is 7.95. The number of rotatable bonds is 5. The second-order valence-corrected chi connectivity index (χ2v) is 2.85. The Hall–Kier alpha value is -1.38. The molecular weight excluding hydrogens is 162 g/mol. The van der Waals surface area contributed by atoms with E-state index >= 15 is 0 Å². The second-order valence-electron chi connectivity index (χ2n) is 2.85. The first-order chi connectivity index (χ1) is 6.34. The molecule has 0 unspecified atom stereocenters. The molecule has 1 aromatic heterocycles. The highest BCUT2D eigenvalue weighted by Crippen LogP contribution is 2.02. The SMILES string of the molecule is C=C(NCCCC)c1cnccn1. The lowest BCUT2D eigenvalue weighted by atomic mass is 10.3. The van der Waals surface area contributed by atoms with E-state index in [9.17, 15) is 0 Å². The second kappa shape index (κ2) is 5.30. The van der Waals surface area contributed by atoms with E-state index in [2.05, 4.69) is 28.8 Å². The molecule has 1 heterocycles. The molecule has 0 aromatic carbocycles. The normalized spacial score (nSPS) is 9.62. The van der Waals surface area contributed by atoms with E-state index in [-0.39, 0.29) is 0 Å². The van der Waals surface area contributed by atoms with E-state index in [1.54, 1.807) is 18.6 Å². The van der Waals surface area contributed by atoms with Crippen LogP contribution in [-0.2, 0) is 0 Å². The van der Waals surface area contributed by atoms with Crippen molar-refractivity contribution < 1.29 is 0 Å². The summed E-state index contributed by atoms with van der Waals surface area (Å²) < 4.78 is 0. The lowest BCUT2D eigenvalue weighted by molar-refractivity contribution is 0.743. The Labute approximate surface area is 78.9 Å². The third-order valence-electron chi connectivity index (χ3n) is 1.74. The van der Waals surface area contributed by atoms with Crippen molar-refractivity contribution in [2.75, 3.05) is 6.54 Å². The number of hydrogen-bond donors (Lipinski definition) is 1. The van der Waals surface area contributed by atoms with Crippen LogP contribution in [0.4, 0.5) is 0 Å². The number of unbranched alkanes of at least 4 members (excludes halogenated alkanes) is 1. The third-order valence-corrected chi connectivity index (χ3v) is 1.74. The van der Waals surface area contributed by atoms with Crippen LogP contribution in [-0.4, -0.2) is 16.5 Å². The maximum atomic E-state index is 4.13. The Bertz CT molecular complexity index is 256. The van der Waals surface area contributed by atoms with Crippen LogP contribution < -0.4 is 5.32 Å². The topological polar surface area (TPSA) is 37.8 Å². The van der Waals surface area contributed by atoms with Crippen molar-refractivity contribution in [1.82, 2.24) is 15.3 Å². The molecule has 1 N–H and O–H groups in total. The number of hydrogen-bond acceptors (Lipinski definition) is 3. The first kappa shape index (κ1) is 9.71. The van der Waals surface area contributed by atoms with Gasteiger partial charge in [-0.15, -0.1) is 0 Å². The minimum atomic E-state index is 0.818. The largest absolute Gasteiger partial charge is 0.384 e. The Kier molecular flexibility index (Phi) is 3.96. The summed E-state index contributed by atoms with van der Waals surface area (Å²) in [6.07, 6.45) is 7.37. The minimum absolute atomic E-state index is 0.818. The predicted octanol–water partition coefficient (Wildman–Crippen LogP) is 1.84. The predicted molar refractivity (Wildman–Crippen MR) is 54.0 cm³/mol. The van der Waals surface area contributed by atoms with Crippen LogP contribution in [0.25, 0.3) is 5.70 Å². The summed E-state index contributed by atoms with van der Waals surface area (Å²) in [4.78, 5) is 8.10. The molecule has 0 atom stereocenters. The van der Waals surface area contributed by atoms with Gasteiger partial charge in [0.25, 0.3) is 0 Å². The van der Waals surface area contributed by atoms with Gasteiger partial charge in [-0.25, -0.2) is 0 Å². The molecule has 3 heteroatoms. The van der Waals surface area contributed by atoms with Crippen LogP contribution in [0, 0.1) is 0 Å². The van der Waals surface area contributed by atoms with Gasteiger partial charge in [-0.2, -0.15) is 0 Å². The fourth-order valence-corrected chi connectivity index (χ4v) is 0.962. The van der Waals surface area contributed by atoms with Crippen LogP contribution in [0.15, 0.2) is 25.2 Å². The molecular formula is C10H15N3. The summed E-state index contributed by atoms with van der Waals surface area (Å²) in [5, 5.41) is 3.20. The fraction of sp³-hybridized carbons (Fsp3) is 0.400. The fourth-order valence-electron chi connectivity index (χ4n) is 0.962. The van der Waals surface area contributed by atoms with Gasteiger partial charge in [0.15, 0.2) is 0 Å². The lowest BCUT2D eigenvalue weighted by Gasteiger charge is -2.06. The Morgan fingerprint density at radius 3 is 3.00 bits per heavy atom. The van der Waals surface area contributed by atoms with E-state index in [1.165, 1.54) is 6.42 Å². The summed E-state index contributed by atoms with van der Waals surface area (Å²) in [5.41, 5.74) is 1.67. The molecule has 0 saturated carbocycles. The molecule has 1 rings (SSSR count). The lowest BCUT2D eigenvalue weighted by Crippen LogP contribution is -2.13. The molecule has 70 valence electrons. The molecule has 0 aliphatic rings. The zero-order chi connectivity index (χ0) is 9.52. The zero-order valence-electron chi connectivity index (χ0n) is 7.95. The van der Waals surface area contributed by atoms with E-state index in [0.29, 0.717) is 0 Å². The van der Waals surface area contributed by atoms with Crippen molar-refractivity contribution in [2.24, 2.45) is 0 Å². The highest BCUT2D eigenvalue weighted by molar-refractivity contribution is 5.56. The van der Waals surface area contributed by atoms with Gasteiger partial charge < -0.3 is 5.32 Å². The smallest absolute Gasteiger partial charge is 0.104 e. The molecule has 0 saturated heterocycles. The summed E-state index contributed by atoms with van der Waals surface area (Å²) in [5.74, 6) is 0. The molecule has 0 radical (unpaired) electrons. The Morgan fingerprint density at radius 2 is 2.38 bits per heavy atom. The molecule has 0 aliphatic carbocycles. The number of nitrogens with one attached hydrogen (secondary N) is 1. The van der Waals surface area contributed by atoms with Crippen molar-refractivity contribution in [3.63, 3.8) is 0 Å². The monoisotopic (exact) mass is 177 g/mol. The van der Waals surface area contributed by atoms with Gasteiger partial charge >= 0.3 is 0 Å². The molecule has 0 fully saturated rings. The molecule has 0 bridgehead atoms. The Balaban J connectivity index is 2.40. The standard InChI is InChI=1S/C10H15N3/c1-3-4-5-12-9(2)10-8-11-6-7-13-10/h6-8,12H,2-5H2,1H3. The summed E-state index contributed by atoms with van der Waals surface area (Å²) >= 11 is 0. The molecule has 3 nitrogen and oxygen atoms in total. The van der Waals surface area contributed by atoms with Crippen LogP contribution >= 0.6 is 0 Å². The van der Waals surface area contributed by atoms with Gasteiger partial charge in [-0.1, -0.05) is 19.9 Å². The number of nitrogens with zero attached hydrogens (tertiary/aromatic N) is 2. The van der Waals surface area contributed by atoms with Gasteiger partial charge in [0.1, 0.15) is 5.69 Å². The maximum Gasteiger partial charge on any atom is 0.104 e. The highest BCUT2D eigenvalue weighted by Gasteiger charge is 1.97. The molecule has 1 aromatic rings. The van der Waals surface area contributed by atoms with Crippen molar-refractivity contribution in [2.45, 2.75) is 19.8 Å². The number of aromatic nitrogens is 2. The van der Waals surface area contributed by atoms with Crippen molar-refractivity contribution in [3.05, 3.63) is 30.9 Å². The van der Waals surface area contributed by atoms with E-state index in [0.717, 1.165) is 24.4 Å². The van der Waals surface area contributed by atoms with Crippen molar-refractivity contribution >= 4 is 5.70 Å². The summed E-state index contributed by atoms with van der Waals surface area (Å²) in [6, 6.07) is 0. The quantitative estimate of drug-likeness (QED) is 0.697. The third kappa shape index (κ3) is 3.23. The first-order valence-corrected chi connectivity index (χ1v) is 4.53. The average Bonchev–Trinajstić information content (AvgIpc) is 2.19. The van der Waals surface area contributed by atoms with E-state index in [1.807, 2.05) is 0 Å². The molecule has 0 aliphatic heterocycles. The van der Waals surface area contributed by atoms with Gasteiger partial charge in [-0.05, 0) is 6.42 Å². The van der Waals surface area contributed by atoms with Crippen LogP contribution in [0.3, 0.4) is 0 Å². The molecule has 0 spiro atoms. The summed E-state index contributed by atoms with van der Waals surface area (Å²) in [7, 11) is 0. The molecule has 0 amide bonds. The van der Waals surface area contributed by atoms with Gasteiger partial charge in [0.2, 0.25) is 0 Å². The highest BCUT2D eigenvalue weighted by atomic mass is 14.9. The maximum absolute atomic E-state index is 4.13. The first-order valence-electron chi connectivity index (χ1n) is 4.53. The van der Waals surface area contributed by atoms with Gasteiger partial charge in [0, 0.05) is 18.9 Å². The van der Waals surface area contributed by atoms with Gasteiger partial charge in [0.05, 0.1) is 11.9 Å². The van der Waals surface area contributed by atoms with Crippen LogP contribution in [0.1, 0.15) is 25.5 Å². The van der Waals surface area contributed by atoms with Crippen LogP contribution in [0.2, 0.25) is 0 Å². The van der Waals surface area contributed by atoms with E-state index < -0.39 is 0 Å². The van der Waals surface area contributed by atoms with E-state index in [4.69, 9.17) is 0 Å². The minimum Gasteiger partial charge on any atom is -0.384 e. The van der Waals surface area contributed by atoms with Crippen LogP contribution in [0.5, 0.6) is 0 Å². The van der Waals surface area contributed by atoms with Crippen molar-refractivity contribution in [3.8, 4) is 0 Å². The average molecular weight is 177 g/mol. The molecule has 13 heavy (non-hydrogen) atoms.